The van der Waals surface area contributed by atoms with Gasteiger partial charge in [0.1, 0.15) is 33.7 Å². The highest BCUT2D eigenvalue weighted by Crippen LogP contribution is 2.33. The Kier molecular flexibility index (Phi) is 7.42. The fourth-order valence-electron chi connectivity index (χ4n) is 4.00. The van der Waals surface area contributed by atoms with E-state index >= 15 is 0 Å². The molecule has 0 bridgehead atoms. The maximum Gasteiger partial charge on any atom is 0.410 e. The Morgan fingerprint density at radius 2 is 1.94 bits per heavy atom. The number of pyridine rings is 1. The first kappa shape index (κ1) is 24.2. The van der Waals surface area contributed by atoms with Crippen LogP contribution in [-0.2, 0) is 20.5 Å². The van der Waals surface area contributed by atoms with Crippen molar-refractivity contribution in [1.29, 1.82) is 0 Å². The molecule has 11 heteroatoms. The van der Waals surface area contributed by atoms with Crippen LogP contribution in [0.25, 0.3) is 0 Å². The minimum atomic E-state index is -1.38. The first-order valence-electron chi connectivity index (χ1n) is 11.5. The molecule has 1 aromatic heterocycles. The second kappa shape index (κ2) is 10.1. The number of hydrogen-bond donors (Lipinski definition) is 1. The molecule has 1 atom stereocenters. The van der Waals surface area contributed by atoms with Gasteiger partial charge < -0.3 is 23.8 Å². The maximum absolute atomic E-state index is 12.6. The monoisotopic (exact) mass is 482 g/mol. The van der Waals surface area contributed by atoms with Gasteiger partial charge in [-0.15, -0.1) is 0 Å². The molecule has 2 saturated heterocycles. The predicted octanol–water partition coefficient (Wildman–Crippen LogP) is 1.57. The van der Waals surface area contributed by atoms with E-state index in [4.69, 9.17) is 18.9 Å². The van der Waals surface area contributed by atoms with Gasteiger partial charge in [0.25, 0.3) is 0 Å². The summed E-state index contributed by atoms with van der Waals surface area (Å²) in [4.78, 5) is 21.2. The van der Waals surface area contributed by atoms with Gasteiger partial charge in [-0.2, -0.15) is 4.98 Å². The third-order valence-electron chi connectivity index (χ3n) is 5.92. The number of amides is 1. The Bertz CT molecular complexity index is 863. The average molecular weight is 483 g/mol. The van der Waals surface area contributed by atoms with Crippen molar-refractivity contribution in [3.63, 3.8) is 0 Å². The fourth-order valence-corrected chi connectivity index (χ4v) is 4.99. The predicted molar refractivity (Wildman–Crippen MR) is 122 cm³/mol. The third kappa shape index (κ3) is 6.34. The highest BCUT2D eigenvalue weighted by Gasteiger charge is 2.39. The zero-order valence-corrected chi connectivity index (χ0v) is 20.4. The first-order chi connectivity index (χ1) is 15.7. The lowest BCUT2D eigenvalue weighted by atomic mass is 9.94. The molecule has 1 spiro atoms. The SMILES string of the molecule is CC(C)(C)OC(=O)N1CCN(CCOc2ccc3c(n2)OC2(CCOCC2)CNS3=O)CC1. The molecule has 10 nitrogen and oxygen atoms in total. The topological polar surface area (TPSA) is 102 Å². The number of nitrogens with one attached hydrogen (secondary N) is 1. The van der Waals surface area contributed by atoms with Gasteiger partial charge in [0.05, 0.1) is 13.2 Å². The van der Waals surface area contributed by atoms with E-state index in [-0.39, 0.29) is 6.09 Å². The summed E-state index contributed by atoms with van der Waals surface area (Å²) in [5, 5.41) is 0. The van der Waals surface area contributed by atoms with Crippen LogP contribution in [-0.4, -0.2) is 95.4 Å². The second-order valence-electron chi connectivity index (χ2n) is 9.60. The molecule has 1 amide bonds. The van der Waals surface area contributed by atoms with Crippen molar-refractivity contribution in [3.8, 4) is 11.8 Å². The van der Waals surface area contributed by atoms with Crippen LogP contribution in [0.5, 0.6) is 11.8 Å². The summed E-state index contributed by atoms with van der Waals surface area (Å²) >= 11 is 0. The normalized spacial score (nSPS) is 23.4. The zero-order valence-electron chi connectivity index (χ0n) is 19.6. The summed E-state index contributed by atoms with van der Waals surface area (Å²) in [5.41, 5.74) is -0.946. The number of rotatable bonds is 4. The summed E-state index contributed by atoms with van der Waals surface area (Å²) < 4.78 is 38.7. The minimum Gasteiger partial charge on any atom is -0.476 e. The van der Waals surface area contributed by atoms with E-state index in [1.807, 2.05) is 20.8 Å². The Morgan fingerprint density at radius 3 is 2.64 bits per heavy atom. The highest BCUT2D eigenvalue weighted by molar-refractivity contribution is 7.83. The lowest BCUT2D eigenvalue weighted by Crippen LogP contribution is -2.50. The van der Waals surface area contributed by atoms with Gasteiger partial charge in [-0.1, -0.05) is 0 Å². The molecule has 33 heavy (non-hydrogen) atoms. The standard InChI is InChI=1S/C22H34N4O6S/c1-21(2,3)32-20(27)26-10-8-25(9-11-26)12-15-30-18-5-4-17-19(24-18)31-22(16-23-33(17)28)6-13-29-14-7-22/h4-5,23H,6-16H2,1-3H3. The molecule has 4 rings (SSSR count). The van der Waals surface area contributed by atoms with Crippen molar-refractivity contribution in [2.24, 2.45) is 0 Å². The van der Waals surface area contributed by atoms with Gasteiger partial charge in [0.2, 0.25) is 11.8 Å². The van der Waals surface area contributed by atoms with E-state index in [1.165, 1.54) is 0 Å². The second-order valence-corrected chi connectivity index (χ2v) is 10.9. The molecule has 4 heterocycles. The van der Waals surface area contributed by atoms with E-state index in [2.05, 4.69) is 14.6 Å². The van der Waals surface area contributed by atoms with Crippen LogP contribution in [0, 0.1) is 0 Å². The van der Waals surface area contributed by atoms with Crippen molar-refractivity contribution in [2.75, 3.05) is 59.1 Å². The van der Waals surface area contributed by atoms with Crippen molar-refractivity contribution in [3.05, 3.63) is 12.1 Å². The molecule has 2 fully saturated rings. The number of piperazine rings is 1. The summed E-state index contributed by atoms with van der Waals surface area (Å²) in [6, 6.07) is 3.48. The van der Waals surface area contributed by atoms with Crippen LogP contribution >= 0.6 is 0 Å². The number of nitrogens with zero attached hydrogens (tertiary/aromatic N) is 3. The first-order valence-corrected chi connectivity index (χ1v) is 12.6. The fraction of sp³-hybridized carbons (Fsp3) is 0.727. The number of aromatic nitrogens is 1. The van der Waals surface area contributed by atoms with Crippen LogP contribution in [0.4, 0.5) is 4.79 Å². The van der Waals surface area contributed by atoms with Gasteiger partial charge in [-0.25, -0.2) is 13.7 Å². The molecule has 1 N–H and O–H groups in total. The quantitative estimate of drug-likeness (QED) is 0.690. The number of carbonyl (C=O) groups excluding carboxylic acids is 1. The van der Waals surface area contributed by atoms with Gasteiger partial charge in [0, 0.05) is 58.2 Å². The summed E-state index contributed by atoms with van der Waals surface area (Å²) in [7, 11) is -1.38. The van der Waals surface area contributed by atoms with Crippen molar-refractivity contribution in [2.45, 2.75) is 49.7 Å². The Labute approximate surface area is 197 Å². The van der Waals surface area contributed by atoms with E-state index in [1.54, 1.807) is 17.0 Å². The molecular weight excluding hydrogens is 448 g/mol. The van der Waals surface area contributed by atoms with Crippen molar-refractivity contribution >= 4 is 17.1 Å². The molecule has 1 unspecified atom stereocenters. The molecule has 3 aliphatic heterocycles. The van der Waals surface area contributed by atoms with Gasteiger partial charge in [0.15, 0.2) is 0 Å². The smallest absolute Gasteiger partial charge is 0.410 e. The van der Waals surface area contributed by atoms with Crippen molar-refractivity contribution in [1.82, 2.24) is 19.5 Å². The van der Waals surface area contributed by atoms with E-state index < -0.39 is 22.2 Å². The lowest BCUT2D eigenvalue weighted by molar-refractivity contribution is -0.0444. The van der Waals surface area contributed by atoms with Crippen LogP contribution in [0.3, 0.4) is 0 Å². The Balaban J connectivity index is 1.28. The number of fused-ring (bicyclic) bond motifs is 1. The highest BCUT2D eigenvalue weighted by atomic mass is 32.2. The van der Waals surface area contributed by atoms with E-state index in [0.717, 1.165) is 32.5 Å². The van der Waals surface area contributed by atoms with E-state index in [9.17, 15) is 9.00 Å². The Hall–Kier alpha value is -1.95. The van der Waals surface area contributed by atoms with Gasteiger partial charge in [-0.3, -0.25) is 4.90 Å². The lowest BCUT2D eigenvalue weighted by Gasteiger charge is -2.35. The van der Waals surface area contributed by atoms with Crippen LogP contribution in [0.2, 0.25) is 0 Å². The van der Waals surface area contributed by atoms with Gasteiger partial charge >= 0.3 is 6.09 Å². The van der Waals surface area contributed by atoms with Crippen LogP contribution < -0.4 is 14.2 Å². The third-order valence-corrected chi connectivity index (χ3v) is 7.04. The number of carbonyl (C=O) groups is 1. The Morgan fingerprint density at radius 1 is 1.21 bits per heavy atom. The summed E-state index contributed by atoms with van der Waals surface area (Å²) in [6.07, 6.45) is 1.18. The largest absolute Gasteiger partial charge is 0.476 e. The molecule has 0 radical (unpaired) electrons. The zero-order chi connectivity index (χ0) is 23.5. The number of ether oxygens (including phenoxy) is 4. The summed E-state index contributed by atoms with van der Waals surface area (Å²) in [5.74, 6) is 0.811. The summed E-state index contributed by atoms with van der Waals surface area (Å²) in [6.45, 7) is 11.3. The molecule has 1 aromatic rings. The van der Waals surface area contributed by atoms with E-state index in [0.29, 0.717) is 56.1 Å². The van der Waals surface area contributed by atoms with Gasteiger partial charge in [-0.05, 0) is 26.8 Å². The molecule has 0 saturated carbocycles. The van der Waals surface area contributed by atoms with Crippen molar-refractivity contribution < 1.29 is 28.0 Å². The molecular formula is C22H34N4O6S. The van der Waals surface area contributed by atoms with Crippen LogP contribution in [0.15, 0.2) is 17.0 Å². The molecule has 184 valence electrons. The molecule has 3 aliphatic rings. The maximum atomic E-state index is 12.6. The average Bonchev–Trinajstić information content (AvgIpc) is 2.90. The molecule has 0 aromatic carbocycles. The number of hydrogen-bond acceptors (Lipinski definition) is 8. The molecule has 0 aliphatic carbocycles. The minimum absolute atomic E-state index is 0.262. The van der Waals surface area contributed by atoms with Crippen LogP contribution in [0.1, 0.15) is 33.6 Å².